The number of fused-ring (bicyclic) bond motifs is 5. The summed E-state index contributed by atoms with van der Waals surface area (Å²) in [5.74, 6) is 4.38. The zero-order valence-electron chi connectivity index (χ0n) is 22.7. The fourth-order valence-electron chi connectivity index (χ4n) is 10.1. The lowest BCUT2D eigenvalue weighted by atomic mass is 9.41. The molecule has 4 heteroatoms. The second-order valence-electron chi connectivity index (χ2n) is 14.1. The first-order valence-corrected chi connectivity index (χ1v) is 17.7. The standard InChI is InChI=1S/C29H52O3Si/c1-8-20-22-11-9-10-17-28(22,3)24-16-18-29(4)21(19(2)12-15-25(30)31)13-14-23(29)26(24)27(20)32-33(5,6)7/h19-24,26-27H,8-18H2,1-7H3,(H,30,31)/t19-,20-,21-,22+,23+,24+,26+,27?,28+,29-/m1/s1. The molecule has 4 aliphatic rings. The summed E-state index contributed by atoms with van der Waals surface area (Å²) < 4.78 is 7.23. The Morgan fingerprint density at radius 3 is 2.33 bits per heavy atom. The zero-order chi connectivity index (χ0) is 24.2. The Balaban J connectivity index is 1.69. The molecule has 0 bridgehead atoms. The predicted octanol–water partition coefficient (Wildman–Crippen LogP) is 8.00. The van der Waals surface area contributed by atoms with Crippen molar-refractivity contribution in [1.29, 1.82) is 0 Å². The molecule has 1 unspecified atom stereocenters. The summed E-state index contributed by atoms with van der Waals surface area (Å²) in [6, 6.07) is 0. The van der Waals surface area contributed by atoms with Crippen LogP contribution in [-0.2, 0) is 9.22 Å². The summed E-state index contributed by atoms with van der Waals surface area (Å²) in [7, 11) is -1.66. The summed E-state index contributed by atoms with van der Waals surface area (Å²) in [6.45, 7) is 17.3. The van der Waals surface area contributed by atoms with E-state index in [1.165, 1.54) is 57.8 Å². The van der Waals surface area contributed by atoms with Gasteiger partial charge in [-0.25, -0.2) is 0 Å². The van der Waals surface area contributed by atoms with Crippen molar-refractivity contribution in [2.24, 2.45) is 52.3 Å². The van der Waals surface area contributed by atoms with Crippen LogP contribution in [0.4, 0.5) is 0 Å². The van der Waals surface area contributed by atoms with Crippen molar-refractivity contribution in [3.63, 3.8) is 0 Å². The second-order valence-corrected chi connectivity index (χ2v) is 18.5. The highest BCUT2D eigenvalue weighted by Gasteiger charge is 2.65. The van der Waals surface area contributed by atoms with Gasteiger partial charge in [-0.3, -0.25) is 4.79 Å². The molecular weight excluding hydrogens is 424 g/mol. The molecule has 33 heavy (non-hydrogen) atoms. The fourth-order valence-corrected chi connectivity index (χ4v) is 11.3. The van der Waals surface area contributed by atoms with Gasteiger partial charge in [0.05, 0.1) is 6.10 Å². The van der Waals surface area contributed by atoms with Crippen molar-refractivity contribution in [3.8, 4) is 0 Å². The van der Waals surface area contributed by atoms with Crippen LogP contribution in [0.25, 0.3) is 0 Å². The topological polar surface area (TPSA) is 46.5 Å². The minimum Gasteiger partial charge on any atom is -0.481 e. The lowest BCUT2D eigenvalue weighted by molar-refractivity contribution is -0.189. The summed E-state index contributed by atoms with van der Waals surface area (Å²) >= 11 is 0. The van der Waals surface area contributed by atoms with Crippen molar-refractivity contribution in [2.45, 2.75) is 124 Å². The number of aliphatic carboxylic acids is 1. The van der Waals surface area contributed by atoms with E-state index in [4.69, 9.17) is 4.43 Å². The van der Waals surface area contributed by atoms with E-state index in [1.807, 2.05) is 0 Å². The van der Waals surface area contributed by atoms with E-state index >= 15 is 0 Å². The maximum absolute atomic E-state index is 11.3. The molecule has 0 aliphatic heterocycles. The maximum Gasteiger partial charge on any atom is 0.303 e. The van der Waals surface area contributed by atoms with E-state index in [9.17, 15) is 9.90 Å². The molecule has 0 radical (unpaired) electrons. The molecular formula is C29H52O3Si. The number of hydrogen-bond acceptors (Lipinski definition) is 2. The third-order valence-corrected chi connectivity index (χ3v) is 12.3. The van der Waals surface area contributed by atoms with Crippen LogP contribution in [0.5, 0.6) is 0 Å². The SMILES string of the molecule is CC[C@H]1C(O[Si](C)(C)C)[C@@H]2[C@H](CC[C@]3(C)[C@@H]([C@H](C)CCC(=O)O)CC[C@@H]23)[C@@]2(C)CCCC[C@@H]12. The van der Waals surface area contributed by atoms with Gasteiger partial charge in [-0.2, -0.15) is 0 Å². The molecule has 0 aromatic rings. The van der Waals surface area contributed by atoms with Crippen LogP contribution in [0.2, 0.25) is 19.6 Å². The number of carboxylic acids is 1. The Labute approximate surface area is 205 Å². The van der Waals surface area contributed by atoms with E-state index in [1.54, 1.807) is 0 Å². The molecule has 0 saturated heterocycles. The molecule has 0 spiro atoms. The van der Waals surface area contributed by atoms with Crippen molar-refractivity contribution in [2.75, 3.05) is 0 Å². The third kappa shape index (κ3) is 4.50. The highest BCUT2D eigenvalue weighted by atomic mass is 28.4. The summed E-state index contributed by atoms with van der Waals surface area (Å²) in [6.07, 6.45) is 13.9. The first-order valence-electron chi connectivity index (χ1n) is 14.3. The molecule has 10 atom stereocenters. The van der Waals surface area contributed by atoms with Crippen LogP contribution < -0.4 is 0 Å². The summed E-state index contributed by atoms with van der Waals surface area (Å²) in [5.41, 5.74) is 0.855. The first-order chi connectivity index (χ1) is 15.4. The van der Waals surface area contributed by atoms with Crippen LogP contribution in [0.1, 0.15) is 98.3 Å². The van der Waals surface area contributed by atoms with Gasteiger partial charge < -0.3 is 9.53 Å². The molecule has 0 amide bonds. The number of carbonyl (C=O) groups is 1. The summed E-state index contributed by atoms with van der Waals surface area (Å²) in [4.78, 5) is 11.3. The Morgan fingerprint density at radius 1 is 1.00 bits per heavy atom. The van der Waals surface area contributed by atoms with Crippen LogP contribution in [-0.4, -0.2) is 25.5 Å². The molecule has 4 aliphatic carbocycles. The number of carboxylic acid groups (broad SMARTS) is 1. The van der Waals surface area contributed by atoms with Gasteiger partial charge in [-0.05, 0) is 117 Å². The van der Waals surface area contributed by atoms with E-state index in [-0.39, 0.29) is 0 Å². The van der Waals surface area contributed by atoms with Gasteiger partial charge in [0.1, 0.15) is 0 Å². The van der Waals surface area contributed by atoms with E-state index in [0.717, 1.165) is 24.2 Å². The quantitative estimate of drug-likeness (QED) is 0.379. The van der Waals surface area contributed by atoms with E-state index < -0.39 is 14.3 Å². The molecule has 4 saturated carbocycles. The molecule has 4 rings (SSSR count). The summed E-state index contributed by atoms with van der Waals surface area (Å²) in [5, 5.41) is 9.28. The highest BCUT2D eigenvalue weighted by Crippen LogP contribution is 2.70. The number of hydrogen-bond donors (Lipinski definition) is 1. The minimum absolute atomic E-state index is 0.323. The Kier molecular flexibility index (Phi) is 7.22. The van der Waals surface area contributed by atoms with Gasteiger partial charge in [-0.1, -0.05) is 47.0 Å². The van der Waals surface area contributed by atoms with E-state index in [0.29, 0.717) is 47.0 Å². The van der Waals surface area contributed by atoms with E-state index in [2.05, 4.69) is 47.3 Å². The zero-order valence-corrected chi connectivity index (χ0v) is 23.7. The van der Waals surface area contributed by atoms with Gasteiger partial charge in [0, 0.05) is 6.42 Å². The lowest BCUT2D eigenvalue weighted by Gasteiger charge is -2.65. The van der Waals surface area contributed by atoms with Gasteiger partial charge in [-0.15, -0.1) is 0 Å². The fraction of sp³-hybridized carbons (Fsp3) is 0.966. The Hall–Kier alpha value is -0.353. The van der Waals surface area contributed by atoms with Crippen molar-refractivity contribution in [3.05, 3.63) is 0 Å². The monoisotopic (exact) mass is 476 g/mol. The Morgan fingerprint density at radius 2 is 1.70 bits per heavy atom. The van der Waals surface area contributed by atoms with Gasteiger partial charge in [0.15, 0.2) is 8.32 Å². The smallest absolute Gasteiger partial charge is 0.303 e. The third-order valence-electron chi connectivity index (χ3n) is 11.4. The van der Waals surface area contributed by atoms with Crippen LogP contribution in [0.3, 0.4) is 0 Å². The molecule has 190 valence electrons. The highest BCUT2D eigenvalue weighted by molar-refractivity contribution is 6.69. The minimum atomic E-state index is -1.66. The van der Waals surface area contributed by atoms with Crippen molar-refractivity contribution < 1.29 is 14.3 Å². The van der Waals surface area contributed by atoms with Crippen molar-refractivity contribution >= 4 is 14.3 Å². The van der Waals surface area contributed by atoms with Gasteiger partial charge >= 0.3 is 5.97 Å². The second kappa shape index (κ2) is 9.26. The largest absolute Gasteiger partial charge is 0.481 e. The predicted molar refractivity (Wildman–Crippen MR) is 139 cm³/mol. The first kappa shape index (κ1) is 25.7. The molecule has 0 aromatic carbocycles. The van der Waals surface area contributed by atoms with Crippen LogP contribution >= 0.6 is 0 Å². The van der Waals surface area contributed by atoms with Crippen LogP contribution in [0.15, 0.2) is 0 Å². The molecule has 1 N–H and O–H groups in total. The van der Waals surface area contributed by atoms with Gasteiger partial charge in [0.2, 0.25) is 0 Å². The van der Waals surface area contributed by atoms with Crippen LogP contribution in [0, 0.1) is 52.3 Å². The average molecular weight is 477 g/mol. The van der Waals surface area contributed by atoms with Crippen molar-refractivity contribution in [1.82, 2.24) is 0 Å². The molecule has 3 nitrogen and oxygen atoms in total. The van der Waals surface area contributed by atoms with Gasteiger partial charge in [0.25, 0.3) is 0 Å². The number of rotatable bonds is 7. The normalized spacial score (nSPS) is 46.2. The molecule has 0 aromatic heterocycles. The Bertz CT molecular complexity index is 716. The molecule has 0 heterocycles. The molecule has 4 fully saturated rings. The maximum atomic E-state index is 11.3. The average Bonchev–Trinajstić information content (AvgIpc) is 3.08. The lowest BCUT2D eigenvalue weighted by Crippen LogP contribution is -2.63.